The monoisotopic (exact) mass is 344 g/mol. The van der Waals surface area contributed by atoms with Crippen LogP contribution in [0, 0.1) is 0 Å². The third kappa shape index (κ3) is 3.24. The topological polar surface area (TPSA) is 92.6 Å². The predicted molar refractivity (Wildman–Crippen MR) is 89.3 cm³/mol. The van der Waals surface area contributed by atoms with Crippen molar-refractivity contribution in [2.45, 2.75) is 12.5 Å². The molecule has 1 amide bonds. The molecule has 1 aliphatic rings. The molecular formula is C16H16N4O3S. The lowest BCUT2D eigenvalue weighted by Crippen LogP contribution is -2.36. The van der Waals surface area contributed by atoms with E-state index in [4.69, 9.17) is 0 Å². The highest BCUT2D eigenvalue weighted by Gasteiger charge is 2.31. The van der Waals surface area contributed by atoms with Gasteiger partial charge in [-0.15, -0.1) is 0 Å². The van der Waals surface area contributed by atoms with Crippen LogP contribution in [0.25, 0.3) is 0 Å². The van der Waals surface area contributed by atoms with E-state index in [0.29, 0.717) is 17.0 Å². The van der Waals surface area contributed by atoms with Crippen molar-refractivity contribution in [2.24, 2.45) is 4.99 Å². The number of carbonyl (C=O) groups excluding carboxylic acids is 1. The molecule has 24 heavy (non-hydrogen) atoms. The van der Waals surface area contributed by atoms with Crippen molar-refractivity contribution >= 4 is 22.1 Å². The minimum Gasteiger partial charge on any atom is -0.267 e. The number of hydrogen-bond acceptors (Lipinski definition) is 5. The van der Waals surface area contributed by atoms with E-state index in [-0.39, 0.29) is 18.1 Å². The minimum absolute atomic E-state index is 0.117. The first kappa shape index (κ1) is 16.4. The molecule has 1 aromatic carbocycles. The Labute approximate surface area is 140 Å². The number of benzene rings is 1. The third-order valence-corrected chi connectivity index (χ3v) is 5.70. The number of rotatable bonds is 5. The normalized spacial score (nSPS) is 17.1. The highest BCUT2D eigenvalue weighted by atomic mass is 32.2. The minimum atomic E-state index is -3.57. The highest BCUT2D eigenvalue weighted by molar-refractivity contribution is 7.89. The molecule has 1 aliphatic heterocycles. The van der Waals surface area contributed by atoms with Gasteiger partial charge in [-0.25, -0.2) is 23.4 Å². The average molecular weight is 344 g/mol. The molecule has 8 heteroatoms. The number of carbonyl (C=O) groups is 1. The SMILES string of the molecule is CN(C1C=NC(=O)c2ccccc21)S(=O)(=O)CCc1ncccn1. The number of aliphatic imine (C=N–C) groups is 1. The van der Waals surface area contributed by atoms with E-state index in [1.807, 2.05) is 0 Å². The van der Waals surface area contributed by atoms with Crippen LogP contribution >= 0.6 is 0 Å². The molecule has 2 heterocycles. The van der Waals surface area contributed by atoms with Gasteiger partial charge in [0.2, 0.25) is 10.0 Å². The largest absolute Gasteiger partial charge is 0.277 e. The van der Waals surface area contributed by atoms with Gasteiger partial charge in [-0.2, -0.15) is 4.31 Å². The summed E-state index contributed by atoms with van der Waals surface area (Å²) < 4.78 is 26.5. The Bertz CT molecular complexity index is 881. The van der Waals surface area contributed by atoms with Crippen LogP contribution in [0.1, 0.15) is 27.8 Å². The smallest absolute Gasteiger partial charge is 0.267 e. The summed E-state index contributed by atoms with van der Waals surface area (Å²) in [5, 5.41) is 0. The molecule has 0 saturated heterocycles. The van der Waals surface area contributed by atoms with E-state index in [2.05, 4.69) is 15.0 Å². The molecule has 1 aromatic heterocycles. The molecule has 1 unspecified atom stereocenters. The molecule has 0 saturated carbocycles. The number of amides is 1. The summed E-state index contributed by atoms with van der Waals surface area (Å²) in [7, 11) is -2.08. The van der Waals surface area contributed by atoms with Crippen LogP contribution in [0.5, 0.6) is 0 Å². The van der Waals surface area contributed by atoms with Crippen molar-refractivity contribution in [3.05, 3.63) is 59.7 Å². The fraction of sp³-hybridized carbons (Fsp3) is 0.250. The third-order valence-electron chi connectivity index (χ3n) is 3.88. The van der Waals surface area contributed by atoms with Crippen LogP contribution < -0.4 is 0 Å². The van der Waals surface area contributed by atoms with Gasteiger partial charge in [0.25, 0.3) is 5.91 Å². The fourth-order valence-electron chi connectivity index (χ4n) is 2.52. The van der Waals surface area contributed by atoms with E-state index < -0.39 is 16.1 Å². The molecule has 0 N–H and O–H groups in total. The predicted octanol–water partition coefficient (Wildman–Crippen LogP) is 1.25. The van der Waals surface area contributed by atoms with Crippen molar-refractivity contribution in [3.8, 4) is 0 Å². The van der Waals surface area contributed by atoms with Crippen LogP contribution in [0.4, 0.5) is 0 Å². The number of aromatic nitrogens is 2. The zero-order valence-corrected chi connectivity index (χ0v) is 13.8. The summed E-state index contributed by atoms with van der Waals surface area (Å²) in [6.07, 6.45) is 4.75. The van der Waals surface area contributed by atoms with Crippen LogP contribution in [-0.4, -0.2) is 47.6 Å². The Hall–Kier alpha value is -2.45. The summed E-state index contributed by atoms with van der Waals surface area (Å²) in [4.78, 5) is 23.7. The second-order valence-corrected chi connectivity index (χ2v) is 7.51. The van der Waals surface area contributed by atoms with Gasteiger partial charge in [-0.05, 0) is 17.7 Å². The van der Waals surface area contributed by atoms with Crippen molar-refractivity contribution < 1.29 is 13.2 Å². The van der Waals surface area contributed by atoms with Crippen LogP contribution in [-0.2, 0) is 16.4 Å². The van der Waals surface area contributed by atoms with Crippen molar-refractivity contribution in [1.82, 2.24) is 14.3 Å². The molecule has 7 nitrogen and oxygen atoms in total. The van der Waals surface area contributed by atoms with Crippen LogP contribution in [0.3, 0.4) is 0 Å². The Morgan fingerprint density at radius 1 is 1.12 bits per heavy atom. The number of nitrogens with zero attached hydrogens (tertiary/aromatic N) is 4. The van der Waals surface area contributed by atoms with Gasteiger partial charge < -0.3 is 0 Å². The van der Waals surface area contributed by atoms with Gasteiger partial charge >= 0.3 is 0 Å². The molecule has 0 bridgehead atoms. The number of aryl methyl sites for hydroxylation is 1. The lowest BCUT2D eigenvalue weighted by Gasteiger charge is -2.27. The molecular weight excluding hydrogens is 328 g/mol. The first-order valence-electron chi connectivity index (χ1n) is 7.38. The number of hydrogen-bond donors (Lipinski definition) is 0. The standard InChI is InChI=1S/C16H16N4O3S/c1-20(24(22,23)10-7-15-17-8-4-9-18-15)14-11-19-16(21)13-6-3-2-5-12(13)14/h2-6,8-9,11,14H,7,10H2,1H3. The lowest BCUT2D eigenvalue weighted by atomic mass is 9.98. The second kappa shape index (κ2) is 6.58. The summed E-state index contributed by atoms with van der Waals surface area (Å²) >= 11 is 0. The van der Waals surface area contributed by atoms with Crippen molar-refractivity contribution in [2.75, 3.05) is 12.8 Å². The average Bonchev–Trinajstić information content (AvgIpc) is 2.61. The molecule has 2 aromatic rings. The van der Waals surface area contributed by atoms with Gasteiger partial charge in [0.05, 0.1) is 11.8 Å². The summed E-state index contributed by atoms with van der Waals surface area (Å²) in [6.45, 7) is 0. The zero-order valence-electron chi connectivity index (χ0n) is 13.0. The van der Waals surface area contributed by atoms with Gasteiger partial charge in [0.15, 0.2) is 0 Å². The lowest BCUT2D eigenvalue weighted by molar-refractivity contribution is 0.0998. The Kier molecular flexibility index (Phi) is 4.50. The zero-order chi connectivity index (χ0) is 17.2. The molecule has 0 aliphatic carbocycles. The van der Waals surface area contributed by atoms with E-state index in [9.17, 15) is 13.2 Å². The van der Waals surface area contributed by atoms with Gasteiger partial charge in [-0.3, -0.25) is 4.79 Å². The van der Waals surface area contributed by atoms with Crippen molar-refractivity contribution in [3.63, 3.8) is 0 Å². The number of fused-ring (bicyclic) bond motifs is 1. The Balaban J connectivity index is 1.81. The molecule has 0 spiro atoms. The Morgan fingerprint density at radius 2 is 1.83 bits per heavy atom. The summed E-state index contributed by atoms with van der Waals surface area (Å²) in [6, 6.07) is 7.98. The quantitative estimate of drug-likeness (QED) is 0.814. The number of sulfonamides is 1. The maximum Gasteiger partial charge on any atom is 0.277 e. The van der Waals surface area contributed by atoms with E-state index in [0.717, 1.165) is 0 Å². The second-order valence-electron chi connectivity index (χ2n) is 5.36. The van der Waals surface area contributed by atoms with Crippen molar-refractivity contribution in [1.29, 1.82) is 0 Å². The summed E-state index contributed by atoms with van der Waals surface area (Å²) in [5.74, 6) is 0.00114. The molecule has 3 rings (SSSR count). The van der Waals surface area contributed by atoms with Crippen LogP contribution in [0.15, 0.2) is 47.7 Å². The van der Waals surface area contributed by atoms with Gasteiger partial charge in [-0.1, -0.05) is 18.2 Å². The summed E-state index contributed by atoms with van der Waals surface area (Å²) in [5.41, 5.74) is 1.07. The first-order valence-corrected chi connectivity index (χ1v) is 8.99. The maximum atomic E-state index is 12.6. The molecule has 0 radical (unpaired) electrons. The molecule has 1 atom stereocenters. The van der Waals surface area contributed by atoms with Gasteiger partial charge in [0, 0.05) is 37.6 Å². The highest BCUT2D eigenvalue weighted by Crippen LogP contribution is 2.28. The van der Waals surface area contributed by atoms with Gasteiger partial charge in [0.1, 0.15) is 5.82 Å². The van der Waals surface area contributed by atoms with E-state index >= 15 is 0 Å². The van der Waals surface area contributed by atoms with Crippen LogP contribution in [0.2, 0.25) is 0 Å². The first-order chi connectivity index (χ1) is 11.5. The molecule has 0 fully saturated rings. The van der Waals surface area contributed by atoms with E-state index in [1.165, 1.54) is 17.6 Å². The molecule has 124 valence electrons. The Morgan fingerprint density at radius 3 is 2.58 bits per heavy atom. The maximum absolute atomic E-state index is 12.6. The van der Waals surface area contributed by atoms with E-state index in [1.54, 1.807) is 42.7 Å². The fourth-order valence-corrected chi connectivity index (χ4v) is 3.77.